The molecule has 0 aliphatic carbocycles. The molecule has 0 bridgehead atoms. The molecule has 32 heavy (non-hydrogen) atoms. The molecule has 6 nitrogen and oxygen atoms in total. The minimum absolute atomic E-state index is 0.135. The van der Waals surface area contributed by atoms with Gasteiger partial charge in [0.25, 0.3) is 0 Å². The van der Waals surface area contributed by atoms with Gasteiger partial charge in [0.1, 0.15) is 0 Å². The van der Waals surface area contributed by atoms with Crippen molar-refractivity contribution in [1.82, 2.24) is 10.6 Å². The van der Waals surface area contributed by atoms with E-state index >= 15 is 0 Å². The highest BCUT2D eigenvalue weighted by molar-refractivity contribution is 5.90. The molecule has 4 N–H and O–H groups in total. The van der Waals surface area contributed by atoms with Crippen LogP contribution in [-0.4, -0.2) is 29.2 Å². The smallest absolute Gasteiger partial charge is 0.319 e. The molecule has 3 aromatic rings. The number of carbonyl (C=O) groups is 2. The number of aliphatic hydroxyl groups is 1. The summed E-state index contributed by atoms with van der Waals surface area (Å²) in [5.74, 6) is -0.170. The van der Waals surface area contributed by atoms with E-state index in [4.69, 9.17) is 0 Å². The summed E-state index contributed by atoms with van der Waals surface area (Å²) in [5, 5.41) is 18.0. The third-order valence-electron chi connectivity index (χ3n) is 4.99. The third-order valence-corrected chi connectivity index (χ3v) is 4.99. The van der Waals surface area contributed by atoms with E-state index in [0.29, 0.717) is 5.69 Å². The second kappa shape index (κ2) is 10.6. The highest BCUT2D eigenvalue weighted by atomic mass is 16.3. The molecular weight excluding hydrogens is 402 g/mol. The zero-order chi connectivity index (χ0) is 23.0. The lowest BCUT2D eigenvalue weighted by molar-refractivity contribution is -0.122. The van der Waals surface area contributed by atoms with Gasteiger partial charge in [0, 0.05) is 5.69 Å². The van der Waals surface area contributed by atoms with Gasteiger partial charge in [0.2, 0.25) is 5.91 Å². The van der Waals surface area contributed by atoms with Crippen molar-refractivity contribution < 1.29 is 14.7 Å². The van der Waals surface area contributed by atoms with E-state index < -0.39 is 5.54 Å². The summed E-state index contributed by atoms with van der Waals surface area (Å²) >= 11 is 0. The Morgan fingerprint density at radius 1 is 0.844 bits per heavy atom. The average Bonchev–Trinajstić information content (AvgIpc) is 2.79. The summed E-state index contributed by atoms with van der Waals surface area (Å²) in [6.45, 7) is 3.38. The zero-order valence-electron chi connectivity index (χ0n) is 18.3. The van der Waals surface area contributed by atoms with Gasteiger partial charge in [-0.2, -0.15) is 0 Å². The van der Waals surface area contributed by atoms with E-state index in [9.17, 15) is 14.7 Å². The molecule has 0 atom stereocenters. The maximum Gasteiger partial charge on any atom is 0.319 e. The monoisotopic (exact) mass is 431 g/mol. The number of hydrogen-bond donors (Lipinski definition) is 4. The Balaban J connectivity index is 1.63. The molecule has 3 rings (SSSR count). The van der Waals surface area contributed by atoms with Crippen LogP contribution < -0.4 is 16.0 Å². The number of amides is 3. The number of aliphatic hydroxyl groups excluding tert-OH is 1. The molecule has 0 heterocycles. The van der Waals surface area contributed by atoms with Crippen molar-refractivity contribution in [3.05, 3.63) is 102 Å². The van der Waals surface area contributed by atoms with Gasteiger partial charge in [0.15, 0.2) is 0 Å². The van der Waals surface area contributed by atoms with Crippen LogP contribution in [0.2, 0.25) is 0 Å². The van der Waals surface area contributed by atoms with Crippen LogP contribution in [0.25, 0.3) is 0 Å². The molecule has 0 spiro atoms. The number of carbonyl (C=O) groups excluding carboxylic acids is 2. The van der Waals surface area contributed by atoms with Crippen LogP contribution in [0.5, 0.6) is 0 Å². The Kier molecular flexibility index (Phi) is 7.63. The normalized spacial score (nSPS) is 11.1. The molecule has 0 unspecified atom stereocenters. The summed E-state index contributed by atoms with van der Waals surface area (Å²) in [6, 6.07) is 26.1. The van der Waals surface area contributed by atoms with E-state index in [2.05, 4.69) is 16.0 Å². The van der Waals surface area contributed by atoms with Crippen molar-refractivity contribution in [1.29, 1.82) is 0 Å². The van der Waals surface area contributed by atoms with Gasteiger partial charge in [-0.15, -0.1) is 0 Å². The van der Waals surface area contributed by atoms with Crippen molar-refractivity contribution >= 4 is 17.6 Å². The molecule has 0 aliphatic rings. The van der Waals surface area contributed by atoms with Crippen LogP contribution in [0.3, 0.4) is 0 Å². The molecule has 0 aliphatic heterocycles. The van der Waals surface area contributed by atoms with Crippen LogP contribution in [0, 0.1) is 0 Å². The Morgan fingerprint density at radius 3 is 1.88 bits per heavy atom. The average molecular weight is 432 g/mol. The highest BCUT2D eigenvalue weighted by Crippen LogP contribution is 2.22. The Labute approximate surface area is 188 Å². The lowest BCUT2D eigenvalue weighted by Crippen LogP contribution is -2.46. The molecular formula is C26H29N3O3. The fourth-order valence-corrected chi connectivity index (χ4v) is 3.30. The van der Waals surface area contributed by atoms with Crippen LogP contribution in [0.15, 0.2) is 84.9 Å². The summed E-state index contributed by atoms with van der Waals surface area (Å²) in [4.78, 5) is 24.9. The molecule has 3 aromatic carbocycles. The number of nitrogens with one attached hydrogen (secondary N) is 3. The van der Waals surface area contributed by atoms with Gasteiger partial charge >= 0.3 is 6.03 Å². The molecule has 0 aromatic heterocycles. The number of urea groups is 1. The second-order valence-electron chi connectivity index (χ2n) is 8.32. The van der Waals surface area contributed by atoms with Gasteiger partial charge in [-0.3, -0.25) is 4.79 Å². The Bertz CT molecular complexity index is 980. The Morgan fingerprint density at radius 2 is 1.38 bits per heavy atom. The van der Waals surface area contributed by atoms with Crippen LogP contribution in [-0.2, 0) is 11.2 Å². The summed E-state index contributed by atoms with van der Waals surface area (Å²) in [5.41, 5.74) is 2.75. The minimum atomic E-state index is -0.662. The van der Waals surface area contributed by atoms with Crippen LogP contribution in [0.1, 0.15) is 36.6 Å². The summed E-state index contributed by atoms with van der Waals surface area (Å²) in [6.07, 6.45) is 0.194. The van der Waals surface area contributed by atoms with Crippen LogP contribution >= 0.6 is 0 Å². The highest BCUT2D eigenvalue weighted by Gasteiger charge is 2.19. The van der Waals surface area contributed by atoms with E-state index in [0.717, 1.165) is 16.7 Å². The van der Waals surface area contributed by atoms with Crippen molar-refractivity contribution in [3.63, 3.8) is 0 Å². The van der Waals surface area contributed by atoms with Crippen molar-refractivity contribution in [2.24, 2.45) is 0 Å². The number of benzene rings is 3. The van der Waals surface area contributed by atoms with Gasteiger partial charge in [-0.1, -0.05) is 72.8 Å². The van der Waals surface area contributed by atoms with Gasteiger partial charge < -0.3 is 21.1 Å². The first-order valence-corrected chi connectivity index (χ1v) is 10.5. The largest absolute Gasteiger partial charge is 0.394 e. The summed E-state index contributed by atoms with van der Waals surface area (Å²) < 4.78 is 0. The minimum Gasteiger partial charge on any atom is -0.394 e. The van der Waals surface area contributed by atoms with Crippen molar-refractivity contribution in [2.45, 2.75) is 31.8 Å². The lowest BCUT2D eigenvalue weighted by atomic mass is 9.99. The first kappa shape index (κ1) is 23.0. The SMILES string of the molecule is CC(C)(CO)NC(=O)Cc1ccc(NC(=O)NC(c2ccccc2)c2ccccc2)cc1. The first-order valence-electron chi connectivity index (χ1n) is 10.5. The predicted octanol–water partition coefficient (Wildman–Crippen LogP) is 4.03. The fourth-order valence-electron chi connectivity index (χ4n) is 3.30. The van der Waals surface area contributed by atoms with E-state index in [-0.39, 0.29) is 31.0 Å². The number of rotatable bonds is 8. The Hall–Kier alpha value is -3.64. The third kappa shape index (κ3) is 6.68. The maximum absolute atomic E-state index is 12.7. The van der Waals surface area contributed by atoms with Crippen molar-refractivity contribution in [2.75, 3.05) is 11.9 Å². The molecule has 0 saturated heterocycles. The standard InChI is InChI=1S/C26H29N3O3/c1-26(2,18-30)29-23(31)17-19-13-15-22(16-14-19)27-25(32)28-24(20-9-5-3-6-10-20)21-11-7-4-8-12-21/h3-16,24,30H,17-18H2,1-2H3,(H,29,31)(H2,27,28,32). The molecule has 0 saturated carbocycles. The number of anilines is 1. The predicted molar refractivity (Wildman–Crippen MR) is 126 cm³/mol. The van der Waals surface area contributed by atoms with E-state index in [1.807, 2.05) is 60.7 Å². The second-order valence-corrected chi connectivity index (χ2v) is 8.32. The maximum atomic E-state index is 12.7. The summed E-state index contributed by atoms with van der Waals surface area (Å²) in [7, 11) is 0. The molecule has 6 heteroatoms. The van der Waals surface area contributed by atoms with E-state index in [1.165, 1.54) is 0 Å². The first-order chi connectivity index (χ1) is 15.4. The molecule has 166 valence electrons. The van der Waals surface area contributed by atoms with Crippen LogP contribution in [0.4, 0.5) is 10.5 Å². The number of hydrogen-bond acceptors (Lipinski definition) is 3. The van der Waals surface area contributed by atoms with Gasteiger partial charge in [-0.25, -0.2) is 4.79 Å². The van der Waals surface area contributed by atoms with Gasteiger partial charge in [0.05, 0.1) is 24.6 Å². The zero-order valence-corrected chi connectivity index (χ0v) is 18.3. The van der Waals surface area contributed by atoms with Gasteiger partial charge in [-0.05, 0) is 42.7 Å². The lowest BCUT2D eigenvalue weighted by Gasteiger charge is -2.23. The quantitative estimate of drug-likeness (QED) is 0.434. The van der Waals surface area contributed by atoms with E-state index in [1.54, 1.807) is 38.1 Å². The molecule has 0 fully saturated rings. The topological polar surface area (TPSA) is 90.5 Å². The molecule has 3 amide bonds. The van der Waals surface area contributed by atoms with Crippen molar-refractivity contribution in [3.8, 4) is 0 Å². The fraction of sp³-hybridized carbons (Fsp3) is 0.231. The molecule has 0 radical (unpaired) electrons.